The van der Waals surface area contributed by atoms with Crippen LogP contribution in [0, 0.1) is 0 Å². The predicted molar refractivity (Wildman–Crippen MR) is 122 cm³/mol. The number of aryl methyl sites for hydroxylation is 1. The molecule has 1 aliphatic heterocycles. The van der Waals surface area contributed by atoms with Gasteiger partial charge in [-0.05, 0) is 49.6 Å². The van der Waals surface area contributed by atoms with E-state index in [1.165, 1.54) is 11.3 Å². The van der Waals surface area contributed by atoms with Gasteiger partial charge in [0.05, 0.1) is 22.9 Å². The predicted octanol–water partition coefficient (Wildman–Crippen LogP) is 3.28. The lowest BCUT2D eigenvalue weighted by Gasteiger charge is -2.21. The van der Waals surface area contributed by atoms with Gasteiger partial charge in [0.25, 0.3) is 11.8 Å². The molecular formula is C23H20N4O5S. The highest BCUT2D eigenvalue weighted by Gasteiger charge is 2.31. The number of hydrogen-bond acceptors (Lipinski definition) is 7. The molecule has 2 aliphatic rings. The Labute approximate surface area is 192 Å². The maximum absolute atomic E-state index is 13.1. The molecule has 0 radical (unpaired) electrons. The number of aromatic nitrogens is 1. The number of para-hydroxylation sites is 1. The minimum atomic E-state index is -0.614. The summed E-state index contributed by atoms with van der Waals surface area (Å²) in [4.78, 5) is 43.0. The van der Waals surface area contributed by atoms with Crippen LogP contribution in [0.4, 0.5) is 10.8 Å². The highest BCUT2D eigenvalue weighted by molar-refractivity contribution is 7.16. The third kappa shape index (κ3) is 4.12. The van der Waals surface area contributed by atoms with Gasteiger partial charge >= 0.3 is 0 Å². The summed E-state index contributed by atoms with van der Waals surface area (Å²) in [5.74, 6) is -0.559. The molecule has 33 heavy (non-hydrogen) atoms. The number of carbonyl (C=O) groups is 3. The number of nitrogens with two attached hydrogens (primary N) is 1. The highest BCUT2D eigenvalue weighted by Crippen LogP contribution is 2.38. The normalized spacial score (nSPS) is 16.1. The van der Waals surface area contributed by atoms with Crippen LogP contribution < -0.4 is 25.8 Å². The summed E-state index contributed by atoms with van der Waals surface area (Å²) in [5.41, 5.74) is 7.11. The lowest BCUT2D eigenvalue weighted by atomic mass is 9.90. The van der Waals surface area contributed by atoms with Crippen molar-refractivity contribution in [3.05, 3.63) is 64.2 Å². The van der Waals surface area contributed by atoms with Crippen molar-refractivity contribution in [1.29, 1.82) is 0 Å². The number of fused-ring (bicyclic) bond motifs is 2. The first-order valence-electron chi connectivity index (χ1n) is 10.4. The van der Waals surface area contributed by atoms with Gasteiger partial charge in [0.2, 0.25) is 12.7 Å². The smallest absolute Gasteiger partial charge is 0.257 e. The zero-order valence-electron chi connectivity index (χ0n) is 17.4. The first-order chi connectivity index (χ1) is 16.0. The molecule has 4 N–H and O–H groups in total. The monoisotopic (exact) mass is 464 g/mol. The summed E-state index contributed by atoms with van der Waals surface area (Å²) in [6, 6.07) is 11.6. The van der Waals surface area contributed by atoms with Gasteiger partial charge < -0.3 is 20.5 Å². The summed E-state index contributed by atoms with van der Waals surface area (Å²) < 4.78 is 10.6. The zero-order chi connectivity index (χ0) is 22.9. The Morgan fingerprint density at radius 1 is 1.06 bits per heavy atom. The standard InChI is InChI=1S/C23H20N4O5S/c24-20(28)13-4-1-2-6-15(13)25-22(30)14-5-3-7-18-19(14)26-23(33-18)27-21(29)12-8-9-16-17(10-12)32-11-31-16/h1-2,4,6,8-10,14H,3,5,7,11H2,(H2,24,28)(H,25,30)(H,26,27,29). The molecule has 0 bridgehead atoms. The fourth-order valence-corrected chi connectivity index (χ4v) is 5.02. The SMILES string of the molecule is NC(=O)c1ccccc1NC(=O)C1CCCc2sc(NC(=O)c3ccc4c(c3)OCO4)nc21. The molecule has 0 saturated heterocycles. The third-order valence-electron chi connectivity index (χ3n) is 5.58. The summed E-state index contributed by atoms with van der Waals surface area (Å²) in [6.07, 6.45) is 2.23. The van der Waals surface area contributed by atoms with E-state index in [0.29, 0.717) is 40.0 Å². The zero-order valence-corrected chi connectivity index (χ0v) is 18.2. The van der Waals surface area contributed by atoms with Gasteiger partial charge in [0.1, 0.15) is 0 Å². The number of carbonyl (C=O) groups excluding carboxylic acids is 3. The van der Waals surface area contributed by atoms with E-state index in [-0.39, 0.29) is 24.2 Å². The molecule has 1 atom stereocenters. The molecule has 10 heteroatoms. The van der Waals surface area contributed by atoms with Crippen molar-refractivity contribution in [3.63, 3.8) is 0 Å². The largest absolute Gasteiger partial charge is 0.454 e. The number of primary amides is 1. The molecule has 0 saturated carbocycles. The minimum Gasteiger partial charge on any atom is -0.454 e. The summed E-state index contributed by atoms with van der Waals surface area (Å²) in [5, 5.41) is 6.06. The molecular weight excluding hydrogens is 444 g/mol. The Morgan fingerprint density at radius 3 is 2.73 bits per heavy atom. The number of amides is 3. The molecule has 3 amide bonds. The molecule has 0 fully saturated rings. The number of nitrogens with zero attached hydrogens (tertiary/aromatic N) is 1. The van der Waals surface area contributed by atoms with E-state index < -0.39 is 11.8 Å². The Balaban J connectivity index is 1.33. The third-order valence-corrected chi connectivity index (χ3v) is 6.62. The van der Waals surface area contributed by atoms with Crippen molar-refractivity contribution in [2.45, 2.75) is 25.2 Å². The number of ether oxygens (including phenoxy) is 2. The van der Waals surface area contributed by atoms with Crippen LogP contribution in [-0.4, -0.2) is 29.5 Å². The topological polar surface area (TPSA) is 133 Å². The van der Waals surface area contributed by atoms with Crippen molar-refractivity contribution in [2.24, 2.45) is 5.73 Å². The fourth-order valence-electron chi connectivity index (χ4n) is 3.96. The van der Waals surface area contributed by atoms with E-state index >= 15 is 0 Å². The first kappa shape index (κ1) is 21.0. The Hall–Kier alpha value is -3.92. The van der Waals surface area contributed by atoms with Crippen molar-refractivity contribution in [1.82, 2.24) is 4.98 Å². The van der Waals surface area contributed by atoms with Gasteiger partial charge in [-0.3, -0.25) is 19.7 Å². The van der Waals surface area contributed by atoms with Crippen LogP contribution in [0.2, 0.25) is 0 Å². The Kier molecular flexibility index (Phi) is 5.43. The number of thiazole rings is 1. The molecule has 5 rings (SSSR count). The van der Waals surface area contributed by atoms with E-state index in [0.717, 1.165) is 17.7 Å². The van der Waals surface area contributed by atoms with Gasteiger partial charge in [0.15, 0.2) is 16.6 Å². The number of benzene rings is 2. The molecule has 2 aromatic carbocycles. The van der Waals surface area contributed by atoms with Gasteiger partial charge in [-0.2, -0.15) is 0 Å². The Bertz CT molecular complexity index is 1270. The quantitative estimate of drug-likeness (QED) is 0.531. The molecule has 0 spiro atoms. The van der Waals surface area contributed by atoms with E-state index in [9.17, 15) is 14.4 Å². The maximum atomic E-state index is 13.1. The van der Waals surface area contributed by atoms with Gasteiger partial charge in [-0.1, -0.05) is 12.1 Å². The van der Waals surface area contributed by atoms with Crippen molar-refractivity contribution in [3.8, 4) is 11.5 Å². The van der Waals surface area contributed by atoms with E-state index in [2.05, 4.69) is 15.6 Å². The number of rotatable bonds is 5. The van der Waals surface area contributed by atoms with Crippen LogP contribution >= 0.6 is 11.3 Å². The van der Waals surface area contributed by atoms with Gasteiger partial charge in [0, 0.05) is 10.4 Å². The summed E-state index contributed by atoms with van der Waals surface area (Å²) >= 11 is 1.37. The number of hydrogen-bond donors (Lipinski definition) is 3. The van der Waals surface area contributed by atoms with E-state index in [4.69, 9.17) is 15.2 Å². The average molecular weight is 465 g/mol. The molecule has 1 aliphatic carbocycles. The number of nitrogens with one attached hydrogen (secondary N) is 2. The lowest BCUT2D eigenvalue weighted by Crippen LogP contribution is -2.26. The second-order valence-corrected chi connectivity index (χ2v) is 8.78. The Morgan fingerprint density at radius 2 is 1.88 bits per heavy atom. The van der Waals surface area contributed by atoms with Crippen molar-refractivity contribution in [2.75, 3.05) is 17.4 Å². The summed E-state index contributed by atoms with van der Waals surface area (Å²) in [6.45, 7) is 0.132. The van der Waals surface area contributed by atoms with Gasteiger partial charge in [-0.25, -0.2) is 4.98 Å². The van der Waals surface area contributed by atoms with Gasteiger partial charge in [-0.15, -0.1) is 11.3 Å². The minimum absolute atomic E-state index is 0.132. The molecule has 3 aromatic rings. The molecule has 2 heterocycles. The molecule has 9 nitrogen and oxygen atoms in total. The molecule has 1 aromatic heterocycles. The maximum Gasteiger partial charge on any atom is 0.257 e. The van der Waals surface area contributed by atoms with Crippen LogP contribution in [0.25, 0.3) is 0 Å². The van der Waals surface area contributed by atoms with E-state index in [1.807, 2.05) is 0 Å². The highest BCUT2D eigenvalue weighted by atomic mass is 32.1. The number of anilines is 2. The molecule has 1 unspecified atom stereocenters. The van der Waals surface area contributed by atoms with Crippen molar-refractivity contribution >= 4 is 39.9 Å². The summed E-state index contributed by atoms with van der Waals surface area (Å²) in [7, 11) is 0. The van der Waals surface area contributed by atoms with Crippen LogP contribution in [0.5, 0.6) is 11.5 Å². The average Bonchev–Trinajstić information content (AvgIpc) is 3.44. The second-order valence-electron chi connectivity index (χ2n) is 7.69. The van der Waals surface area contributed by atoms with Crippen LogP contribution in [0.15, 0.2) is 42.5 Å². The fraction of sp³-hybridized carbons (Fsp3) is 0.217. The first-order valence-corrected chi connectivity index (χ1v) is 11.2. The second kappa shape index (κ2) is 8.55. The van der Waals surface area contributed by atoms with E-state index in [1.54, 1.807) is 42.5 Å². The lowest BCUT2D eigenvalue weighted by molar-refractivity contribution is -0.117. The molecule has 168 valence electrons. The van der Waals surface area contributed by atoms with Crippen LogP contribution in [-0.2, 0) is 11.2 Å². The van der Waals surface area contributed by atoms with Crippen LogP contribution in [0.1, 0.15) is 50.0 Å². The van der Waals surface area contributed by atoms with Crippen LogP contribution in [0.3, 0.4) is 0 Å². The van der Waals surface area contributed by atoms with Crippen molar-refractivity contribution < 1.29 is 23.9 Å².